The van der Waals surface area contributed by atoms with Crippen LogP contribution in [0.25, 0.3) is 0 Å². The van der Waals surface area contributed by atoms with Gasteiger partial charge in [0.05, 0.1) is 0 Å². The van der Waals surface area contributed by atoms with Crippen LogP contribution < -0.4 is 10.6 Å². The molecular weight excluding hydrogens is 210 g/mol. The molecule has 1 atom stereocenters. The van der Waals surface area contributed by atoms with Crippen LogP contribution in [0, 0.1) is 0 Å². The molecule has 0 aromatic carbocycles. The van der Waals surface area contributed by atoms with Crippen LogP contribution in [0.3, 0.4) is 0 Å². The lowest BCUT2D eigenvalue weighted by Gasteiger charge is -2.06. The highest BCUT2D eigenvalue weighted by Crippen LogP contribution is 2.07. The third kappa shape index (κ3) is 4.78. The summed E-state index contributed by atoms with van der Waals surface area (Å²) in [4.78, 5) is 4.31. The van der Waals surface area contributed by atoms with Crippen molar-refractivity contribution in [2.45, 2.75) is 6.42 Å². The summed E-state index contributed by atoms with van der Waals surface area (Å²) in [6.07, 6.45) is 2.62. The van der Waals surface area contributed by atoms with Crippen molar-refractivity contribution < 1.29 is 4.21 Å². The van der Waals surface area contributed by atoms with Gasteiger partial charge in [-0.05, 0) is 18.6 Å². The smallest absolute Gasteiger partial charge is 0.128 e. The van der Waals surface area contributed by atoms with Crippen molar-refractivity contribution in [3.8, 4) is 0 Å². The predicted octanol–water partition coefficient (Wildman–Crippen LogP) is 1.30. The quantitative estimate of drug-likeness (QED) is 0.719. The molecule has 0 aliphatic carbocycles. The minimum Gasteiger partial charge on any atom is -0.373 e. The van der Waals surface area contributed by atoms with Crippen LogP contribution in [0.2, 0.25) is 0 Å². The molecule has 0 saturated carbocycles. The minimum atomic E-state index is -0.702. The zero-order valence-corrected chi connectivity index (χ0v) is 9.93. The first-order chi connectivity index (χ1) is 7.22. The van der Waals surface area contributed by atoms with E-state index in [2.05, 4.69) is 15.6 Å². The lowest BCUT2D eigenvalue weighted by atomic mass is 10.4. The lowest BCUT2D eigenvalue weighted by Crippen LogP contribution is -2.07. The largest absolute Gasteiger partial charge is 0.373 e. The molecule has 4 nitrogen and oxygen atoms in total. The van der Waals surface area contributed by atoms with Gasteiger partial charge in [0.25, 0.3) is 0 Å². The zero-order chi connectivity index (χ0) is 11.1. The van der Waals surface area contributed by atoms with Crippen molar-refractivity contribution in [1.29, 1.82) is 0 Å². The van der Waals surface area contributed by atoms with Crippen molar-refractivity contribution in [1.82, 2.24) is 4.98 Å². The molecule has 1 unspecified atom stereocenters. The van der Waals surface area contributed by atoms with Gasteiger partial charge < -0.3 is 10.6 Å². The van der Waals surface area contributed by atoms with E-state index >= 15 is 0 Å². The molecule has 1 rings (SSSR count). The van der Waals surface area contributed by atoms with Gasteiger partial charge in [0.1, 0.15) is 11.6 Å². The molecule has 0 spiro atoms. The molecule has 0 bridgehead atoms. The number of hydrogen-bond acceptors (Lipinski definition) is 4. The number of aromatic nitrogens is 1. The van der Waals surface area contributed by atoms with Crippen molar-refractivity contribution in [2.24, 2.45) is 0 Å². The Morgan fingerprint density at radius 3 is 2.80 bits per heavy atom. The number of nitrogens with zero attached hydrogens (tertiary/aromatic N) is 1. The van der Waals surface area contributed by atoms with Crippen LogP contribution in [0.1, 0.15) is 6.42 Å². The van der Waals surface area contributed by atoms with Crippen LogP contribution >= 0.6 is 0 Å². The van der Waals surface area contributed by atoms with Gasteiger partial charge in [-0.3, -0.25) is 4.21 Å². The second-order valence-corrected chi connectivity index (χ2v) is 4.77. The molecule has 1 heterocycles. The van der Waals surface area contributed by atoms with Crippen LogP contribution in [-0.4, -0.2) is 34.8 Å². The van der Waals surface area contributed by atoms with Crippen LogP contribution in [0.4, 0.5) is 11.6 Å². The van der Waals surface area contributed by atoms with Gasteiger partial charge in [0.15, 0.2) is 0 Å². The van der Waals surface area contributed by atoms with E-state index in [1.165, 1.54) is 0 Å². The minimum absolute atomic E-state index is 0.702. The fourth-order valence-corrected chi connectivity index (χ4v) is 1.72. The Kier molecular flexibility index (Phi) is 5.10. The van der Waals surface area contributed by atoms with Crippen molar-refractivity contribution in [2.75, 3.05) is 36.2 Å². The van der Waals surface area contributed by atoms with Crippen LogP contribution in [-0.2, 0) is 10.8 Å². The van der Waals surface area contributed by atoms with Gasteiger partial charge in [0.2, 0.25) is 0 Å². The highest BCUT2D eigenvalue weighted by Gasteiger charge is 1.95. The summed E-state index contributed by atoms with van der Waals surface area (Å²) in [5, 5.41) is 6.17. The maximum Gasteiger partial charge on any atom is 0.128 e. The maximum atomic E-state index is 10.8. The number of hydrogen-bond donors (Lipinski definition) is 2. The topological polar surface area (TPSA) is 54.0 Å². The maximum absolute atomic E-state index is 10.8. The normalized spacial score (nSPS) is 12.1. The summed E-state index contributed by atoms with van der Waals surface area (Å²) in [6.45, 7) is 0.805. The van der Waals surface area contributed by atoms with E-state index in [1.807, 2.05) is 25.2 Å². The molecule has 2 N–H and O–H groups in total. The summed E-state index contributed by atoms with van der Waals surface area (Å²) >= 11 is 0. The Morgan fingerprint density at radius 2 is 2.13 bits per heavy atom. The van der Waals surface area contributed by atoms with E-state index in [0.29, 0.717) is 0 Å². The number of rotatable bonds is 6. The molecule has 15 heavy (non-hydrogen) atoms. The lowest BCUT2D eigenvalue weighted by molar-refractivity contribution is 0.685. The van der Waals surface area contributed by atoms with Gasteiger partial charge in [0, 0.05) is 36.4 Å². The fraction of sp³-hybridized carbons (Fsp3) is 0.500. The predicted molar refractivity (Wildman–Crippen MR) is 65.8 cm³/mol. The molecule has 0 fully saturated rings. The van der Waals surface area contributed by atoms with Gasteiger partial charge in [-0.1, -0.05) is 6.07 Å². The van der Waals surface area contributed by atoms with Gasteiger partial charge in [-0.15, -0.1) is 0 Å². The standard InChI is InChI=1S/C10H17N3OS/c1-11-9-5-3-6-10(13-9)12-7-4-8-15(2)14/h3,5-6H,4,7-8H2,1-2H3,(H2,11,12,13). The third-order valence-electron chi connectivity index (χ3n) is 1.92. The second kappa shape index (κ2) is 6.40. The molecule has 5 heteroatoms. The number of nitrogens with one attached hydrogen (secondary N) is 2. The van der Waals surface area contributed by atoms with E-state index in [4.69, 9.17) is 0 Å². The van der Waals surface area contributed by atoms with E-state index in [1.54, 1.807) is 6.26 Å². The van der Waals surface area contributed by atoms with E-state index in [0.717, 1.165) is 30.4 Å². The Balaban J connectivity index is 2.33. The second-order valence-electron chi connectivity index (χ2n) is 3.22. The van der Waals surface area contributed by atoms with E-state index in [9.17, 15) is 4.21 Å². The molecule has 0 aliphatic heterocycles. The average molecular weight is 227 g/mol. The summed E-state index contributed by atoms with van der Waals surface area (Å²) in [6, 6.07) is 5.77. The fourth-order valence-electron chi connectivity index (χ4n) is 1.16. The Labute approximate surface area is 92.9 Å². The molecule has 0 saturated heterocycles. The van der Waals surface area contributed by atoms with Gasteiger partial charge in [-0.2, -0.15) is 0 Å². The van der Waals surface area contributed by atoms with Gasteiger partial charge in [-0.25, -0.2) is 4.98 Å². The Morgan fingerprint density at radius 1 is 1.40 bits per heavy atom. The first kappa shape index (κ1) is 12.0. The molecule has 84 valence electrons. The third-order valence-corrected chi connectivity index (χ3v) is 2.78. The number of pyridine rings is 1. The molecular formula is C10H17N3OS. The molecule has 0 radical (unpaired) electrons. The Bertz CT molecular complexity index is 330. The van der Waals surface area contributed by atoms with Crippen LogP contribution in [0.15, 0.2) is 18.2 Å². The average Bonchev–Trinajstić information content (AvgIpc) is 2.24. The van der Waals surface area contributed by atoms with E-state index < -0.39 is 10.8 Å². The van der Waals surface area contributed by atoms with Crippen LogP contribution in [0.5, 0.6) is 0 Å². The summed E-state index contributed by atoms with van der Waals surface area (Å²) in [5.74, 6) is 2.43. The summed E-state index contributed by atoms with van der Waals surface area (Å²) in [5.41, 5.74) is 0. The molecule has 0 aliphatic rings. The van der Waals surface area contributed by atoms with Crippen molar-refractivity contribution in [3.05, 3.63) is 18.2 Å². The van der Waals surface area contributed by atoms with Crippen molar-refractivity contribution in [3.63, 3.8) is 0 Å². The Hall–Kier alpha value is -1.10. The monoisotopic (exact) mass is 227 g/mol. The first-order valence-corrected chi connectivity index (χ1v) is 6.64. The van der Waals surface area contributed by atoms with E-state index in [-0.39, 0.29) is 0 Å². The molecule has 1 aromatic heterocycles. The SMILES string of the molecule is CNc1cccc(NCCCS(C)=O)n1. The highest BCUT2D eigenvalue weighted by molar-refractivity contribution is 7.84. The summed E-state index contributed by atoms with van der Waals surface area (Å²) in [7, 11) is 1.14. The number of anilines is 2. The summed E-state index contributed by atoms with van der Waals surface area (Å²) < 4.78 is 10.8. The van der Waals surface area contributed by atoms with Crippen molar-refractivity contribution >= 4 is 22.4 Å². The molecule has 1 aromatic rings. The molecule has 0 amide bonds. The zero-order valence-electron chi connectivity index (χ0n) is 9.12. The highest BCUT2D eigenvalue weighted by atomic mass is 32.2. The first-order valence-electron chi connectivity index (χ1n) is 4.91. The van der Waals surface area contributed by atoms with Gasteiger partial charge >= 0.3 is 0 Å².